The van der Waals surface area contributed by atoms with Crippen LogP contribution in [0, 0.1) is 0 Å². The second-order valence-corrected chi connectivity index (χ2v) is 11.5. The van der Waals surface area contributed by atoms with Crippen molar-refractivity contribution in [3.8, 4) is 0 Å². The van der Waals surface area contributed by atoms with E-state index in [4.69, 9.17) is 13.8 Å². The predicted octanol–water partition coefficient (Wildman–Crippen LogP) is 8.10. The van der Waals surface area contributed by atoms with Crippen molar-refractivity contribution in [3.63, 3.8) is 0 Å². The summed E-state index contributed by atoms with van der Waals surface area (Å²) in [6, 6.07) is 4.61. The number of hydrogen-bond acceptors (Lipinski definition) is 6. The van der Waals surface area contributed by atoms with Crippen molar-refractivity contribution in [1.82, 2.24) is 0 Å². The third-order valence-electron chi connectivity index (χ3n) is 4.58. The first-order valence-corrected chi connectivity index (χ1v) is 13.3. The van der Waals surface area contributed by atoms with Gasteiger partial charge in [-0.1, -0.05) is 13.3 Å². The van der Waals surface area contributed by atoms with E-state index in [0.29, 0.717) is 10.1 Å². The van der Waals surface area contributed by atoms with Crippen LogP contribution in [0.3, 0.4) is 0 Å². The maximum absolute atomic E-state index is 15.3. The Labute approximate surface area is 194 Å². The van der Waals surface area contributed by atoms with E-state index in [1.54, 1.807) is 6.07 Å². The Morgan fingerprint density at radius 3 is 2.32 bits per heavy atom. The minimum atomic E-state index is -4.74. The van der Waals surface area contributed by atoms with Crippen molar-refractivity contribution in [2.24, 2.45) is 0 Å². The van der Waals surface area contributed by atoms with Crippen LogP contribution in [0.5, 0.6) is 0 Å². The van der Waals surface area contributed by atoms with Crippen molar-refractivity contribution in [1.29, 1.82) is 0 Å². The maximum atomic E-state index is 15.3. The fraction of sp³-hybridized carbons (Fsp3) is 0.571. The fourth-order valence-electron chi connectivity index (χ4n) is 3.02. The van der Waals surface area contributed by atoms with Crippen LogP contribution in [0.2, 0.25) is 0 Å². The van der Waals surface area contributed by atoms with Gasteiger partial charge in [-0.15, -0.1) is 11.3 Å². The first kappa shape index (κ1) is 26.4. The van der Waals surface area contributed by atoms with Gasteiger partial charge in [-0.05, 0) is 74.7 Å². The molecule has 0 saturated carbocycles. The Balaban J connectivity index is 2.43. The molecule has 0 aliphatic rings. The predicted molar refractivity (Wildman–Crippen MR) is 123 cm³/mol. The van der Waals surface area contributed by atoms with Gasteiger partial charge in [0.25, 0.3) is 0 Å². The lowest BCUT2D eigenvalue weighted by Gasteiger charge is -2.25. The third kappa shape index (κ3) is 5.74. The number of esters is 1. The zero-order chi connectivity index (χ0) is 23.4. The molecule has 0 saturated heterocycles. The van der Waals surface area contributed by atoms with Gasteiger partial charge in [-0.25, -0.2) is 4.79 Å². The molecule has 5 nitrogen and oxygen atoms in total. The van der Waals surface area contributed by atoms with Crippen molar-refractivity contribution in [2.75, 3.05) is 13.2 Å². The number of fused-ring (bicyclic) bond motifs is 1. The van der Waals surface area contributed by atoms with E-state index in [2.05, 4.69) is 22.9 Å². The summed E-state index contributed by atoms with van der Waals surface area (Å²) >= 11 is 3.98. The van der Waals surface area contributed by atoms with Crippen LogP contribution >= 0.6 is 34.9 Å². The molecule has 2 rings (SSSR count). The summed E-state index contributed by atoms with van der Waals surface area (Å²) in [6.07, 6.45) is 2.63. The maximum Gasteiger partial charge on any atom is 0.405 e. The van der Waals surface area contributed by atoms with Gasteiger partial charge >= 0.3 is 19.2 Å². The highest BCUT2D eigenvalue weighted by molar-refractivity contribution is 9.10. The molecule has 31 heavy (non-hydrogen) atoms. The zero-order valence-corrected chi connectivity index (χ0v) is 21.6. The second-order valence-electron chi connectivity index (χ2n) is 7.58. The van der Waals surface area contributed by atoms with Gasteiger partial charge in [0, 0.05) is 14.6 Å². The summed E-state index contributed by atoms with van der Waals surface area (Å²) in [5.74, 6) is -0.524. The van der Waals surface area contributed by atoms with Gasteiger partial charge in [-0.2, -0.15) is 8.78 Å². The molecule has 0 aliphatic carbocycles. The third-order valence-corrected chi connectivity index (χ3v) is 9.17. The van der Waals surface area contributed by atoms with E-state index in [9.17, 15) is 9.36 Å². The molecule has 0 amide bonds. The van der Waals surface area contributed by atoms with Gasteiger partial charge in [-0.3, -0.25) is 4.57 Å². The van der Waals surface area contributed by atoms with E-state index >= 15 is 8.78 Å². The van der Waals surface area contributed by atoms with E-state index in [-0.39, 0.29) is 23.2 Å². The molecular formula is C21H28BrF2O5PS. The van der Waals surface area contributed by atoms with E-state index in [0.717, 1.165) is 30.6 Å². The SMILES string of the molecule is CCCCC(C)(C)OC(=O)c1ccc2sc(C(F)(F)P(=O)(OCC)OCC)c(Br)c2c1. The van der Waals surface area contributed by atoms with Crippen LogP contribution in [0.15, 0.2) is 22.7 Å². The lowest BCUT2D eigenvalue weighted by atomic mass is 10.0. The van der Waals surface area contributed by atoms with Crippen molar-refractivity contribution in [3.05, 3.63) is 33.1 Å². The van der Waals surface area contributed by atoms with Gasteiger partial charge in [0.05, 0.1) is 18.8 Å². The Bertz CT molecular complexity index is 966. The highest BCUT2D eigenvalue weighted by Gasteiger charge is 2.57. The first-order valence-electron chi connectivity index (χ1n) is 10.1. The number of hydrogen-bond donors (Lipinski definition) is 0. The molecule has 1 heterocycles. The fourth-order valence-corrected chi connectivity index (χ4v) is 6.98. The molecule has 1 aromatic carbocycles. The van der Waals surface area contributed by atoms with Gasteiger partial charge < -0.3 is 13.8 Å². The summed E-state index contributed by atoms with van der Waals surface area (Å²) in [5.41, 5.74) is -4.23. The van der Waals surface area contributed by atoms with Crippen molar-refractivity contribution >= 4 is 50.9 Å². The Morgan fingerprint density at radius 1 is 1.16 bits per heavy atom. The largest absolute Gasteiger partial charge is 0.456 e. The second kappa shape index (κ2) is 10.4. The Morgan fingerprint density at radius 2 is 1.77 bits per heavy atom. The molecule has 2 aromatic rings. The average molecular weight is 541 g/mol. The molecule has 0 aliphatic heterocycles. The van der Waals surface area contributed by atoms with Gasteiger partial charge in [0.2, 0.25) is 0 Å². The Hall–Kier alpha value is -0.860. The zero-order valence-electron chi connectivity index (χ0n) is 18.3. The van der Waals surface area contributed by atoms with Crippen LogP contribution in [-0.4, -0.2) is 24.8 Å². The molecule has 0 spiro atoms. The van der Waals surface area contributed by atoms with E-state index < -0.39 is 29.7 Å². The topological polar surface area (TPSA) is 61.8 Å². The molecule has 1 aromatic heterocycles. The Kier molecular flexibility index (Phi) is 8.84. The summed E-state index contributed by atoms with van der Waals surface area (Å²) in [5, 5.41) is 0.403. The van der Waals surface area contributed by atoms with Gasteiger partial charge in [0.1, 0.15) is 10.5 Å². The van der Waals surface area contributed by atoms with E-state index in [1.165, 1.54) is 26.0 Å². The van der Waals surface area contributed by atoms with Crippen molar-refractivity contribution in [2.45, 2.75) is 65.1 Å². The van der Waals surface area contributed by atoms with Crippen LogP contribution in [0.25, 0.3) is 10.1 Å². The summed E-state index contributed by atoms with van der Waals surface area (Å²) in [6.45, 7) is 8.33. The van der Waals surface area contributed by atoms with Crippen LogP contribution in [0.1, 0.15) is 69.1 Å². The molecule has 0 radical (unpaired) electrons. The molecule has 10 heteroatoms. The molecule has 174 valence electrons. The minimum Gasteiger partial charge on any atom is -0.456 e. The number of benzene rings is 1. The highest BCUT2D eigenvalue weighted by Crippen LogP contribution is 2.69. The van der Waals surface area contributed by atoms with Crippen LogP contribution in [-0.2, 0) is 24.0 Å². The number of carbonyl (C=O) groups excluding carboxylic acids is 1. The molecule has 0 atom stereocenters. The minimum absolute atomic E-state index is 0.0528. The van der Waals surface area contributed by atoms with Crippen molar-refractivity contribution < 1.29 is 31.9 Å². The average Bonchev–Trinajstić information content (AvgIpc) is 3.03. The lowest BCUT2D eigenvalue weighted by Crippen LogP contribution is -2.28. The molecule has 0 bridgehead atoms. The standard InChI is InChI=1S/C21H28BrF2O5PS/c1-6-9-12-20(4,5)29-19(25)14-10-11-16-15(13-14)17(22)18(31-16)21(23,24)30(26,27-7-2)28-8-3/h10-11,13H,6-9,12H2,1-5H3. The number of ether oxygens (including phenoxy) is 1. The van der Waals surface area contributed by atoms with Crippen LogP contribution < -0.4 is 0 Å². The molecule has 0 unspecified atom stereocenters. The van der Waals surface area contributed by atoms with E-state index in [1.807, 2.05) is 13.8 Å². The van der Waals surface area contributed by atoms with Crippen LogP contribution in [0.4, 0.5) is 8.78 Å². The summed E-state index contributed by atoms with van der Waals surface area (Å²) in [4.78, 5) is 12.2. The summed E-state index contributed by atoms with van der Waals surface area (Å²) in [7, 11) is -4.74. The molecule has 0 fully saturated rings. The monoisotopic (exact) mass is 540 g/mol. The summed E-state index contributed by atoms with van der Waals surface area (Å²) < 4.78 is 59.3. The quantitative estimate of drug-likeness (QED) is 0.213. The smallest absolute Gasteiger partial charge is 0.405 e. The number of halogens is 3. The molecule has 0 N–H and O–H groups in total. The van der Waals surface area contributed by atoms with Gasteiger partial charge in [0.15, 0.2) is 0 Å². The lowest BCUT2D eigenvalue weighted by molar-refractivity contribution is -0.00531. The number of unbranched alkanes of at least 4 members (excludes halogenated alkanes) is 1. The highest BCUT2D eigenvalue weighted by atomic mass is 79.9. The molecular weight excluding hydrogens is 513 g/mol. The normalized spacial score (nSPS) is 13.0. The first-order chi connectivity index (χ1) is 14.4. The number of carbonyl (C=O) groups is 1. The number of thiophene rings is 1. The number of rotatable bonds is 11. The number of alkyl halides is 2.